The van der Waals surface area contributed by atoms with Crippen molar-refractivity contribution in [2.24, 2.45) is 0 Å². The molecular formula is C19H18Cl2N4O. The lowest BCUT2D eigenvalue weighted by atomic mass is 10.1. The van der Waals surface area contributed by atoms with Gasteiger partial charge < -0.3 is 9.30 Å². The minimum absolute atomic E-state index is 0.0425. The average Bonchev–Trinajstić information content (AvgIpc) is 3.04. The van der Waals surface area contributed by atoms with Gasteiger partial charge >= 0.3 is 0 Å². The molecule has 5 nitrogen and oxygen atoms in total. The van der Waals surface area contributed by atoms with Crippen LogP contribution in [-0.2, 0) is 6.54 Å². The van der Waals surface area contributed by atoms with E-state index in [-0.39, 0.29) is 5.91 Å². The first-order valence-electron chi connectivity index (χ1n) is 8.49. The van der Waals surface area contributed by atoms with Crippen LogP contribution in [0.4, 0.5) is 0 Å². The average molecular weight is 389 g/mol. The molecule has 0 bridgehead atoms. The number of nitrogens with zero attached hydrogens (tertiary/aromatic N) is 4. The Morgan fingerprint density at radius 3 is 2.62 bits per heavy atom. The highest BCUT2D eigenvalue weighted by molar-refractivity contribution is 6.36. The van der Waals surface area contributed by atoms with E-state index in [9.17, 15) is 4.79 Å². The Labute approximate surface area is 161 Å². The molecule has 0 N–H and O–H groups in total. The van der Waals surface area contributed by atoms with Crippen LogP contribution < -0.4 is 0 Å². The molecule has 2 aromatic heterocycles. The number of fused-ring (bicyclic) bond motifs is 1. The van der Waals surface area contributed by atoms with E-state index in [0.29, 0.717) is 28.7 Å². The number of carbonyl (C=O) groups is 1. The molecule has 1 amide bonds. The topological polar surface area (TPSA) is 40.9 Å². The molecule has 7 heteroatoms. The van der Waals surface area contributed by atoms with E-state index in [4.69, 9.17) is 23.2 Å². The number of pyridine rings is 1. The van der Waals surface area contributed by atoms with Crippen molar-refractivity contribution in [3.05, 3.63) is 70.1 Å². The SMILES string of the molecule is O=C(c1ccc(Cl)cc1Cl)N1CCN(Cc2cn3ccccc3n2)CC1. The summed E-state index contributed by atoms with van der Waals surface area (Å²) in [6, 6.07) is 11.0. The molecule has 0 spiro atoms. The predicted molar refractivity (Wildman–Crippen MR) is 103 cm³/mol. The van der Waals surface area contributed by atoms with Crippen LogP contribution in [0.1, 0.15) is 16.1 Å². The molecule has 1 fully saturated rings. The summed E-state index contributed by atoms with van der Waals surface area (Å²) in [4.78, 5) is 21.5. The van der Waals surface area contributed by atoms with Crippen molar-refractivity contribution >= 4 is 34.8 Å². The van der Waals surface area contributed by atoms with Gasteiger partial charge in [0.05, 0.1) is 16.3 Å². The quantitative estimate of drug-likeness (QED) is 0.688. The van der Waals surface area contributed by atoms with Crippen molar-refractivity contribution < 1.29 is 4.79 Å². The standard InChI is InChI=1S/C19H18Cl2N4O/c20-14-4-5-16(17(21)11-14)19(26)24-9-7-23(8-10-24)12-15-13-25-6-2-1-3-18(25)22-15/h1-6,11,13H,7-10,12H2. The molecule has 0 saturated carbocycles. The molecule has 0 unspecified atom stereocenters. The van der Waals surface area contributed by atoms with Crippen molar-refractivity contribution in [3.8, 4) is 0 Å². The number of halogens is 2. The molecule has 1 aromatic carbocycles. The first kappa shape index (κ1) is 17.3. The molecule has 134 valence electrons. The molecule has 0 radical (unpaired) electrons. The van der Waals surface area contributed by atoms with Gasteiger partial charge in [0, 0.05) is 50.1 Å². The maximum Gasteiger partial charge on any atom is 0.255 e. The number of amides is 1. The highest BCUT2D eigenvalue weighted by Crippen LogP contribution is 2.23. The molecule has 4 rings (SSSR count). The second kappa shape index (κ2) is 7.27. The predicted octanol–water partition coefficient (Wildman–Crippen LogP) is 3.60. The summed E-state index contributed by atoms with van der Waals surface area (Å²) in [5.41, 5.74) is 2.50. The number of imidazole rings is 1. The molecule has 1 aliphatic heterocycles. The normalized spacial score (nSPS) is 15.5. The Balaban J connectivity index is 1.38. The van der Waals surface area contributed by atoms with E-state index in [1.54, 1.807) is 18.2 Å². The third kappa shape index (κ3) is 3.56. The summed E-state index contributed by atoms with van der Waals surface area (Å²) in [5.74, 6) is -0.0425. The van der Waals surface area contributed by atoms with Gasteiger partial charge in [-0.25, -0.2) is 4.98 Å². The lowest BCUT2D eigenvalue weighted by molar-refractivity contribution is 0.0627. The number of hydrogen-bond donors (Lipinski definition) is 0. The number of benzene rings is 1. The van der Waals surface area contributed by atoms with Crippen LogP contribution in [0.5, 0.6) is 0 Å². The van der Waals surface area contributed by atoms with Gasteiger partial charge in [-0.2, -0.15) is 0 Å². The lowest BCUT2D eigenvalue weighted by Crippen LogP contribution is -2.48. The zero-order chi connectivity index (χ0) is 18.1. The Morgan fingerprint density at radius 1 is 1.08 bits per heavy atom. The fourth-order valence-corrected chi connectivity index (χ4v) is 3.72. The summed E-state index contributed by atoms with van der Waals surface area (Å²) in [7, 11) is 0. The summed E-state index contributed by atoms with van der Waals surface area (Å²) in [5, 5.41) is 0.929. The minimum atomic E-state index is -0.0425. The van der Waals surface area contributed by atoms with Crippen molar-refractivity contribution in [1.29, 1.82) is 0 Å². The van der Waals surface area contributed by atoms with Crippen molar-refractivity contribution in [2.45, 2.75) is 6.54 Å². The zero-order valence-electron chi connectivity index (χ0n) is 14.1. The van der Waals surface area contributed by atoms with Crippen LogP contribution in [0.2, 0.25) is 10.0 Å². The van der Waals surface area contributed by atoms with Gasteiger partial charge in [0.2, 0.25) is 0 Å². The lowest BCUT2D eigenvalue weighted by Gasteiger charge is -2.34. The van der Waals surface area contributed by atoms with Crippen LogP contribution in [0.15, 0.2) is 48.8 Å². The molecule has 3 aromatic rings. The van der Waals surface area contributed by atoms with E-state index in [0.717, 1.165) is 31.0 Å². The van der Waals surface area contributed by atoms with Gasteiger partial charge in [-0.15, -0.1) is 0 Å². The Morgan fingerprint density at radius 2 is 1.88 bits per heavy atom. The van der Waals surface area contributed by atoms with Crippen LogP contribution in [0.3, 0.4) is 0 Å². The number of rotatable bonds is 3. The fourth-order valence-electron chi connectivity index (χ4n) is 3.23. The largest absolute Gasteiger partial charge is 0.336 e. The van der Waals surface area contributed by atoms with Crippen molar-refractivity contribution in [2.75, 3.05) is 26.2 Å². The second-order valence-electron chi connectivity index (χ2n) is 6.39. The number of carbonyl (C=O) groups excluding carboxylic acids is 1. The number of aromatic nitrogens is 2. The first-order chi connectivity index (χ1) is 12.6. The number of piperazine rings is 1. The molecule has 1 aliphatic rings. The van der Waals surface area contributed by atoms with Gasteiger partial charge in [0.15, 0.2) is 0 Å². The Bertz CT molecular complexity index is 915. The molecule has 1 saturated heterocycles. The molecule has 0 atom stereocenters. The van der Waals surface area contributed by atoms with Gasteiger partial charge in [-0.3, -0.25) is 9.69 Å². The summed E-state index contributed by atoms with van der Waals surface area (Å²) < 4.78 is 2.03. The summed E-state index contributed by atoms with van der Waals surface area (Å²) >= 11 is 12.1. The van der Waals surface area contributed by atoms with Crippen LogP contribution in [0, 0.1) is 0 Å². The van der Waals surface area contributed by atoms with Gasteiger partial charge in [-0.1, -0.05) is 29.3 Å². The van der Waals surface area contributed by atoms with Crippen molar-refractivity contribution in [3.63, 3.8) is 0 Å². The van der Waals surface area contributed by atoms with E-state index < -0.39 is 0 Å². The molecule has 3 heterocycles. The van der Waals surface area contributed by atoms with Crippen LogP contribution in [-0.4, -0.2) is 51.3 Å². The fraction of sp³-hybridized carbons (Fsp3) is 0.263. The zero-order valence-corrected chi connectivity index (χ0v) is 15.6. The summed E-state index contributed by atoms with van der Waals surface area (Å²) in [6.45, 7) is 3.75. The van der Waals surface area contributed by atoms with E-state index in [2.05, 4.69) is 16.1 Å². The molecular weight excluding hydrogens is 371 g/mol. The van der Waals surface area contributed by atoms with E-state index >= 15 is 0 Å². The van der Waals surface area contributed by atoms with Crippen molar-refractivity contribution in [1.82, 2.24) is 19.2 Å². The minimum Gasteiger partial charge on any atom is -0.336 e. The molecule has 26 heavy (non-hydrogen) atoms. The maximum absolute atomic E-state index is 12.7. The van der Waals surface area contributed by atoms with Gasteiger partial charge in [0.25, 0.3) is 5.91 Å². The van der Waals surface area contributed by atoms with E-state index in [1.807, 2.05) is 33.7 Å². The smallest absolute Gasteiger partial charge is 0.255 e. The highest BCUT2D eigenvalue weighted by atomic mass is 35.5. The summed E-state index contributed by atoms with van der Waals surface area (Å²) in [6.07, 6.45) is 4.05. The number of hydrogen-bond acceptors (Lipinski definition) is 3. The second-order valence-corrected chi connectivity index (χ2v) is 7.23. The highest BCUT2D eigenvalue weighted by Gasteiger charge is 2.24. The van der Waals surface area contributed by atoms with Crippen LogP contribution in [0.25, 0.3) is 5.65 Å². The van der Waals surface area contributed by atoms with E-state index in [1.165, 1.54) is 0 Å². The Kier molecular flexibility index (Phi) is 4.85. The third-order valence-corrected chi connectivity index (χ3v) is 5.17. The monoisotopic (exact) mass is 388 g/mol. The Hall–Kier alpha value is -2.08. The molecule has 0 aliphatic carbocycles. The van der Waals surface area contributed by atoms with Crippen LogP contribution >= 0.6 is 23.2 Å². The first-order valence-corrected chi connectivity index (χ1v) is 9.25. The maximum atomic E-state index is 12.7. The van der Waals surface area contributed by atoms with Gasteiger partial charge in [-0.05, 0) is 30.3 Å². The van der Waals surface area contributed by atoms with Gasteiger partial charge in [0.1, 0.15) is 5.65 Å². The third-order valence-electron chi connectivity index (χ3n) is 4.62.